The summed E-state index contributed by atoms with van der Waals surface area (Å²) in [5.41, 5.74) is 2.74. The molecule has 1 heteroatoms. The van der Waals surface area contributed by atoms with E-state index in [1.165, 1.54) is 11.1 Å². The molecule has 0 aromatic heterocycles. The van der Waals surface area contributed by atoms with Crippen LogP contribution in [-0.4, -0.2) is 7.11 Å². The van der Waals surface area contributed by atoms with Gasteiger partial charge < -0.3 is 4.74 Å². The summed E-state index contributed by atoms with van der Waals surface area (Å²) in [6.45, 7) is 2.26. The molecule has 0 aliphatic heterocycles. The lowest BCUT2D eigenvalue weighted by molar-refractivity contribution is 0.414. The van der Waals surface area contributed by atoms with E-state index >= 15 is 0 Å². The molecule has 0 aliphatic rings. The predicted molar refractivity (Wildman–Crippen MR) is 71.6 cm³/mol. The SMILES string of the molecule is COc1ccc(C[C@@H](C)c2ccccc2)cc1. The Morgan fingerprint density at radius 3 is 2.18 bits per heavy atom. The first-order chi connectivity index (χ1) is 8.29. The second kappa shape index (κ2) is 5.53. The summed E-state index contributed by atoms with van der Waals surface area (Å²) in [7, 11) is 1.70. The second-order valence-corrected chi connectivity index (χ2v) is 4.36. The molecule has 0 amide bonds. The molecule has 0 unspecified atom stereocenters. The first-order valence-electron chi connectivity index (χ1n) is 5.97. The van der Waals surface area contributed by atoms with Gasteiger partial charge in [-0.05, 0) is 35.6 Å². The molecule has 1 atom stereocenters. The standard InChI is InChI=1S/C16H18O/c1-13(15-6-4-3-5-7-15)12-14-8-10-16(17-2)11-9-14/h3-11,13H,12H2,1-2H3/t13-/m1/s1. The van der Waals surface area contributed by atoms with Crippen molar-refractivity contribution < 1.29 is 4.74 Å². The van der Waals surface area contributed by atoms with Gasteiger partial charge >= 0.3 is 0 Å². The first-order valence-corrected chi connectivity index (χ1v) is 5.97. The maximum absolute atomic E-state index is 5.16. The van der Waals surface area contributed by atoms with E-state index in [9.17, 15) is 0 Å². The lowest BCUT2D eigenvalue weighted by atomic mass is 9.94. The predicted octanol–water partition coefficient (Wildman–Crippen LogP) is 4.04. The van der Waals surface area contributed by atoms with Crippen molar-refractivity contribution in [1.82, 2.24) is 0 Å². The van der Waals surface area contributed by atoms with Crippen LogP contribution < -0.4 is 4.74 Å². The molecule has 0 spiro atoms. The van der Waals surface area contributed by atoms with Gasteiger partial charge in [0.2, 0.25) is 0 Å². The molecule has 2 rings (SSSR count). The van der Waals surface area contributed by atoms with Crippen LogP contribution in [0.15, 0.2) is 54.6 Å². The Hall–Kier alpha value is -1.76. The average molecular weight is 226 g/mol. The Morgan fingerprint density at radius 1 is 0.941 bits per heavy atom. The molecule has 0 bridgehead atoms. The van der Waals surface area contributed by atoms with Crippen molar-refractivity contribution in [2.45, 2.75) is 19.3 Å². The van der Waals surface area contributed by atoms with Crippen LogP contribution in [0, 0.1) is 0 Å². The highest BCUT2D eigenvalue weighted by Crippen LogP contribution is 2.21. The van der Waals surface area contributed by atoms with Crippen LogP contribution in [0.5, 0.6) is 5.75 Å². The lowest BCUT2D eigenvalue weighted by Gasteiger charge is -2.12. The Balaban J connectivity index is 2.05. The van der Waals surface area contributed by atoms with Crippen LogP contribution in [0.4, 0.5) is 0 Å². The minimum atomic E-state index is 0.546. The van der Waals surface area contributed by atoms with Crippen LogP contribution >= 0.6 is 0 Å². The van der Waals surface area contributed by atoms with E-state index in [0.29, 0.717) is 5.92 Å². The maximum atomic E-state index is 5.16. The van der Waals surface area contributed by atoms with Crippen molar-refractivity contribution in [3.63, 3.8) is 0 Å². The van der Waals surface area contributed by atoms with Gasteiger partial charge in [0.1, 0.15) is 5.75 Å². The maximum Gasteiger partial charge on any atom is 0.118 e. The number of benzene rings is 2. The quantitative estimate of drug-likeness (QED) is 0.764. The van der Waals surface area contributed by atoms with E-state index in [0.717, 1.165) is 12.2 Å². The summed E-state index contributed by atoms with van der Waals surface area (Å²) in [5, 5.41) is 0. The van der Waals surface area contributed by atoms with Crippen molar-refractivity contribution in [3.05, 3.63) is 65.7 Å². The molecule has 0 radical (unpaired) electrons. The molecule has 2 aromatic carbocycles. The highest BCUT2D eigenvalue weighted by molar-refractivity contribution is 5.29. The Labute approximate surface area is 103 Å². The molecule has 2 aromatic rings. The third-order valence-electron chi connectivity index (χ3n) is 3.07. The van der Waals surface area contributed by atoms with E-state index in [1.54, 1.807) is 7.11 Å². The zero-order valence-electron chi connectivity index (χ0n) is 10.4. The first kappa shape index (κ1) is 11.7. The summed E-state index contributed by atoms with van der Waals surface area (Å²) >= 11 is 0. The van der Waals surface area contributed by atoms with E-state index in [-0.39, 0.29) is 0 Å². The zero-order valence-corrected chi connectivity index (χ0v) is 10.4. The van der Waals surface area contributed by atoms with Gasteiger partial charge in [-0.25, -0.2) is 0 Å². The van der Waals surface area contributed by atoms with Gasteiger partial charge in [0.15, 0.2) is 0 Å². The number of ether oxygens (including phenoxy) is 1. The highest BCUT2D eigenvalue weighted by Gasteiger charge is 2.05. The van der Waals surface area contributed by atoms with Gasteiger partial charge in [0.05, 0.1) is 7.11 Å². The minimum Gasteiger partial charge on any atom is -0.497 e. The average Bonchev–Trinajstić information content (AvgIpc) is 2.40. The number of rotatable bonds is 4. The fourth-order valence-corrected chi connectivity index (χ4v) is 2.01. The van der Waals surface area contributed by atoms with Gasteiger partial charge in [-0.3, -0.25) is 0 Å². The van der Waals surface area contributed by atoms with Crippen LogP contribution in [0.3, 0.4) is 0 Å². The molecule has 0 saturated carbocycles. The molecule has 1 nitrogen and oxygen atoms in total. The minimum absolute atomic E-state index is 0.546. The summed E-state index contributed by atoms with van der Waals surface area (Å²) < 4.78 is 5.16. The Bertz CT molecular complexity index is 445. The summed E-state index contributed by atoms with van der Waals surface area (Å²) in [6.07, 6.45) is 1.06. The fraction of sp³-hybridized carbons (Fsp3) is 0.250. The molecule has 0 heterocycles. The molecular weight excluding hydrogens is 208 g/mol. The van der Waals surface area contributed by atoms with Crippen molar-refractivity contribution in [3.8, 4) is 5.75 Å². The van der Waals surface area contributed by atoms with Crippen LogP contribution in [-0.2, 0) is 6.42 Å². The van der Waals surface area contributed by atoms with E-state index < -0.39 is 0 Å². The molecule has 0 fully saturated rings. The van der Waals surface area contributed by atoms with E-state index in [2.05, 4.69) is 49.4 Å². The van der Waals surface area contributed by atoms with Crippen molar-refractivity contribution in [2.24, 2.45) is 0 Å². The van der Waals surface area contributed by atoms with Crippen molar-refractivity contribution in [2.75, 3.05) is 7.11 Å². The summed E-state index contributed by atoms with van der Waals surface area (Å²) in [5.74, 6) is 1.46. The number of hydrogen-bond donors (Lipinski definition) is 0. The van der Waals surface area contributed by atoms with Gasteiger partial charge in [-0.1, -0.05) is 49.4 Å². The largest absolute Gasteiger partial charge is 0.497 e. The van der Waals surface area contributed by atoms with E-state index in [4.69, 9.17) is 4.74 Å². The van der Waals surface area contributed by atoms with Crippen molar-refractivity contribution in [1.29, 1.82) is 0 Å². The molecule has 88 valence electrons. The third kappa shape index (κ3) is 3.10. The highest BCUT2D eigenvalue weighted by atomic mass is 16.5. The van der Waals surface area contributed by atoms with Gasteiger partial charge in [0.25, 0.3) is 0 Å². The molecule has 0 saturated heterocycles. The normalized spacial score (nSPS) is 12.1. The second-order valence-electron chi connectivity index (χ2n) is 4.36. The smallest absolute Gasteiger partial charge is 0.118 e. The van der Waals surface area contributed by atoms with Crippen LogP contribution in [0.2, 0.25) is 0 Å². The zero-order chi connectivity index (χ0) is 12.1. The molecule has 0 aliphatic carbocycles. The fourth-order valence-electron chi connectivity index (χ4n) is 2.01. The monoisotopic (exact) mass is 226 g/mol. The van der Waals surface area contributed by atoms with Gasteiger partial charge in [-0.15, -0.1) is 0 Å². The third-order valence-corrected chi connectivity index (χ3v) is 3.07. The Kier molecular flexibility index (Phi) is 3.81. The van der Waals surface area contributed by atoms with Crippen molar-refractivity contribution >= 4 is 0 Å². The molecule has 0 N–H and O–H groups in total. The van der Waals surface area contributed by atoms with Gasteiger partial charge in [0, 0.05) is 0 Å². The lowest BCUT2D eigenvalue weighted by Crippen LogP contribution is -1.98. The number of methoxy groups -OCH3 is 1. The summed E-state index contributed by atoms with van der Waals surface area (Å²) in [6, 6.07) is 18.9. The summed E-state index contributed by atoms with van der Waals surface area (Å²) in [4.78, 5) is 0. The molecule has 17 heavy (non-hydrogen) atoms. The van der Waals surface area contributed by atoms with Crippen LogP contribution in [0.1, 0.15) is 24.0 Å². The Morgan fingerprint density at radius 2 is 1.59 bits per heavy atom. The number of hydrogen-bond acceptors (Lipinski definition) is 1. The molecular formula is C16H18O. The van der Waals surface area contributed by atoms with E-state index in [1.807, 2.05) is 12.1 Å². The van der Waals surface area contributed by atoms with Crippen LogP contribution in [0.25, 0.3) is 0 Å². The van der Waals surface area contributed by atoms with Gasteiger partial charge in [-0.2, -0.15) is 0 Å². The topological polar surface area (TPSA) is 9.23 Å².